The van der Waals surface area contributed by atoms with Gasteiger partial charge in [-0.3, -0.25) is 0 Å². The van der Waals surface area contributed by atoms with Gasteiger partial charge in [0.1, 0.15) is 11.9 Å². The summed E-state index contributed by atoms with van der Waals surface area (Å²) in [5, 5.41) is 13.9. The Morgan fingerprint density at radius 1 is 1.00 bits per heavy atom. The van der Waals surface area contributed by atoms with Crippen LogP contribution in [0.15, 0.2) is 53.9 Å². The van der Waals surface area contributed by atoms with Crippen molar-refractivity contribution >= 4 is 21.4 Å². The number of benzene rings is 2. The van der Waals surface area contributed by atoms with Gasteiger partial charge in [0.2, 0.25) is 0 Å². The summed E-state index contributed by atoms with van der Waals surface area (Å²) >= 11 is 1.66. The number of aliphatic hydroxyl groups excluding tert-OH is 1. The van der Waals surface area contributed by atoms with Crippen molar-refractivity contribution in [2.75, 3.05) is 0 Å². The molecule has 21 heavy (non-hydrogen) atoms. The van der Waals surface area contributed by atoms with E-state index in [-0.39, 0.29) is 6.10 Å². The molecule has 3 rings (SSSR count). The normalized spacial score (nSPS) is 12.8. The molecule has 1 heterocycles. The molecule has 3 aromatic rings. The second-order valence-electron chi connectivity index (χ2n) is 5.32. The van der Waals surface area contributed by atoms with Gasteiger partial charge in [-0.25, -0.2) is 0 Å². The van der Waals surface area contributed by atoms with Gasteiger partial charge in [0, 0.05) is 10.3 Å². The van der Waals surface area contributed by atoms with Crippen molar-refractivity contribution in [1.29, 1.82) is 0 Å². The minimum absolute atomic E-state index is 0.153. The van der Waals surface area contributed by atoms with E-state index in [1.165, 1.54) is 5.39 Å². The SMILES string of the molecule is CC(C)Oc1ccc(C(O)c2cccc3ccsc23)cc1. The van der Waals surface area contributed by atoms with E-state index in [2.05, 4.69) is 17.5 Å². The molecule has 0 aliphatic carbocycles. The van der Waals surface area contributed by atoms with Crippen LogP contribution < -0.4 is 4.74 Å². The molecule has 108 valence electrons. The van der Waals surface area contributed by atoms with Gasteiger partial charge in [-0.05, 0) is 48.4 Å². The van der Waals surface area contributed by atoms with E-state index in [0.717, 1.165) is 21.6 Å². The van der Waals surface area contributed by atoms with Crippen molar-refractivity contribution in [3.8, 4) is 5.75 Å². The predicted octanol–water partition coefficient (Wildman–Crippen LogP) is 4.77. The Kier molecular flexibility index (Phi) is 3.95. The summed E-state index contributed by atoms with van der Waals surface area (Å²) in [6, 6.07) is 15.8. The van der Waals surface area contributed by atoms with E-state index in [1.54, 1.807) is 11.3 Å². The lowest BCUT2D eigenvalue weighted by Crippen LogP contribution is -2.06. The predicted molar refractivity (Wildman–Crippen MR) is 88.1 cm³/mol. The van der Waals surface area contributed by atoms with E-state index in [4.69, 9.17) is 4.74 Å². The molecule has 0 spiro atoms. The zero-order chi connectivity index (χ0) is 14.8. The molecule has 0 amide bonds. The third-order valence-electron chi connectivity index (χ3n) is 3.37. The molecule has 1 unspecified atom stereocenters. The highest BCUT2D eigenvalue weighted by atomic mass is 32.1. The molecule has 2 nitrogen and oxygen atoms in total. The van der Waals surface area contributed by atoms with Crippen LogP contribution in [0.5, 0.6) is 5.75 Å². The van der Waals surface area contributed by atoms with Gasteiger partial charge >= 0.3 is 0 Å². The van der Waals surface area contributed by atoms with Crippen molar-refractivity contribution in [3.63, 3.8) is 0 Å². The number of rotatable bonds is 4. The number of thiophene rings is 1. The minimum atomic E-state index is -0.611. The topological polar surface area (TPSA) is 29.5 Å². The van der Waals surface area contributed by atoms with Crippen molar-refractivity contribution in [1.82, 2.24) is 0 Å². The third-order valence-corrected chi connectivity index (χ3v) is 4.35. The highest BCUT2D eigenvalue weighted by Gasteiger charge is 2.14. The lowest BCUT2D eigenvalue weighted by molar-refractivity contribution is 0.221. The van der Waals surface area contributed by atoms with E-state index in [0.29, 0.717) is 0 Å². The first-order chi connectivity index (χ1) is 10.1. The minimum Gasteiger partial charge on any atom is -0.491 e. The van der Waals surface area contributed by atoms with Crippen LogP contribution in [-0.4, -0.2) is 11.2 Å². The van der Waals surface area contributed by atoms with Crippen LogP contribution in [-0.2, 0) is 0 Å². The maximum absolute atomic E-state index is 10.6. The lowest BCUT2D eigenvalue weighted by Gasteiger charge is -2.14. The Morgan fingerprint density at radius 3 is 2.48 bits per heavy atom. The van der Waals surface area contributed by atoms with Gasteiger partial charge in [-0.1, -0.05) is 30.3 Å². The van der Waals surface area contributed by atoms with Crippen LogP contribution in [0.25, 0.3) is 10.1 Å². The first kappa shape index (κ1) is 14.1. The molecule has 2 aromatic carbocycles. The maximum Gasteiger partial charge on any atom is 0.119 e. The van der Waals surface area contributed by atoms with E-state index in [1.807, 2.05) is 50.2 Å². The Labute approximate surface area is 128 Å². The zero-order valence-electron chi connectivity index (χ0n) is 12.1. The first-order valence-electron chi connectivity index (χ1n) is 7.06. The van der Waals surface area contributed by atoms with Crippen LogP contribution in [0.2, 0.25) is 0 Å². The number of aliphatic hydroxyl groups is 1. The molecule has 3 heteroatoms. The molecule has 0 aliphatic heterocycles. The molecule has 0 radical (unpaired) electrons. The Bertz CT molecular complexity index is 728. The highest BCUT2D eigenvalue weighted by Crippen LogP contribution is 2.32. The number of hydrogen-bond donors (Lipinski definition) is 1. The summed E-state index contributed by atoms with van der Waals surface area (Å²) in [6.45, 7) is 4.00. The molecule has 0 saturated heterocycles. The molecular formula is C18H18O2S. The standard InChI is InChI=1S/C18H18O2S/c1-12(2)20-15-8-6-13(7-9-15)17(19)16-5-3-4-14-10-11-21-18(14)16/h3-12,17,19H,1-2H3. The zero-order valence-corrected chi connectivity index (χ0v) is 12.9. The molecule has 0 bridgehead atoms. The van der Waals surface area contributed by atoms with Crippen molar-refractivity contribution in [3.05, 3.63) is 65.0 Å². The number of ether oxygens (including phenoxy) is 1. The molecule has 0 fully saturated rings. The quantitative estimate of drug-likeness (QED) is 0.751. The van der Waals surface area contributed by atoms with Gasteiger partial charge in [0.25, 0.3) is 0 Å². The molecule has 1 N–H and O–H groups in total. The van der Waals surface area contributed by atoms with Gasteiger partial charge in [-0.15, -0.1) is 11.3 Å². The van der Waals surface area contributed by atoms with Crippen LogP contribution in [0.1, 0.15) is 31.1 Å². The fraction of sp³-hybridized carbons (Fsp3) is 0.222. The van der Waals surface area contributed by atoms with Gasteiger partial charge in [0.15, 0.2) is 0 Å². The number of fused-ring (bicyclic) bond motifs is 1. The second-order valence-corrected chi connectivity index (χ2v) is 6.24. The first-order valence-corrected chi connectivity index (χ1v) is 7.94. The summed E-state index contributed by atoms with van der Waals surface area (Å²) in [4.78, 5) is 0. The Morgan fingerprint density at radius 2 is 1.76 bits per heavy atom. The van der Waals surface area contributed by atoms with Crippen molar-refractivity contribution in [2.45, 2.75) is 26.1 Å². The van der Waals surface area contributed by atoms with Gasteiger partial charge in [0.05, 0.1) is 6.10 Å². The Balaban J connectivity index is 1.91. The molecule has 0 saturated carbocycles. The molecular weight excluding hydrogens is 280 g/mol. The largest absolute Gasteiger partial charge is 0.491 e. The van der Waals surface area contributed by atoms with Crippen molar-refractivity contribution in [2.24, 2.45) is 0 Å². The monoisotopic (exact) mass is 298 g/mol. The van der Waals surface area contributed by atoms with Gasteiger partial charge in [-0.2, -0.15) is 0 Å². The van der Waals surface area contributed by atoms with Crippen LogP contribution >= 0.6 is 11.3 Å². The van der Waals surface area contributed by atoms with E-state index >= 15 is 0 Å². The van der Waals surface area contributed by atoms with Crippen LogP contribution in [0, 0.1) is 0 Å². The average Bonchev–Trinajstić information content (AvgIpc) is 2.95. The smallest absolute Gasteiger partial charge is 0.119 e. The Hall–Kier alpha value is -1.84. The van der Waals surface area contributed by atoms with Crippen molar-refractivity contribution < 1.29 is 9.84 Å². The fourth-order valence-electron chi connectivity index (χ4n) is 2.41. The molecule has 1 atom stereocenters. The summed E-state index contributed by atoms with van der Waals surface area (Å²) in [6.07, 6.45) is -0.457. The highest BCUT2D eigenvalue weighted by molar-refractivity contribution is 7.17. The second kappa shape index (κ2) is 5.88. The maximum atomic E-state index is 10.6. The van der Waals surface area contributed by atoms with Crippen LogP contribution in [0.4, 0.5) is 0 Å². The summed E-state index contributed by atoms with van der Waals surface area (Å²) in [5.41, 5.74) is 1.84. The summed E-state index contributed by atoms with van der Waals surface area (Å²) in [7, 11) is 0. The third kappa shape index (κ3) is 2.94. The van der Waals surface area contributed by atoms with Crippen LogP contribution in [0.3, 0.4) is 0 Å². The lowest BCUT2D eigenvalue weighted by atomic mass is 10.0. The molecule has 0 aliphatic rings. The molecule has 1 aromatic heterocycles. The summed E-state index contributed by atoms with van der Waals surface area (Å²) < 4.78 is 6.78. The van der Waals surface area contributed by atoms with Gasteiger partial charge < -0.3 is 9.84 Å². The van der Waals surface area contributed by atoms with E-state index < -0.39 is 6.10 Å². The average molecular weight is 298 g/mol. The summed E-state index contributed by atoms with van der Waals surface area (Å²) in [5.74, 6) is 0.829. The fourth-order valence-corrected chi connectivity index (χ4v) is 3.35. The number of hydrogen-bond acceptors (Lipinski definition) is 3. The van der Waals surface area contributed by atoms with E-state index in [9.17, 15) is 5.11 Å².